The Bertz CT molecular complexity index is 2050. The van der Waals surface area contributed by atoms with Gasteiger partial charge in [0.15, 0.2) is 5.82 Å². The zero-order valence-electron chi connectivity index (χ0n) is 27.6. The van der Waals surface area contributed by atoms with Gasteiger partial charge in [-0.25, -0.2) is 4.68 Å². The lowest BCUT2D eigenvalue weighted by Gasteiger charge is -2.38. The summed E-state index contributed by atoms with van der Waals surface area (Å²) in [7, 11) is 1.74. The predicted octanol–water partition coefficient (Wildman–Crippen LogP) is 6.19. The first-order valence-corrected chi connectivity index (χ1v) is 16.4. The molecule has 15 heteroatoms. The number of piperidine rings is 1. The molecule has 2 aliphatic heterocycles. The molecule has 4 heterocycles. The number of aryl methyl sites for hydroxylation is 1. The van der Waals surface area contributed by atoms with E-state index in [2.05, 4.69) is 29.2 Å². The number of anilines is 1. The highest BCUT2D eigenvalue weighted by Crippen LogP contribution is 2.42. The number of alkyl halides is 3. The van der Waals surface area contributed by atoms with Gasteiger partial charge in [0, 0.05) is 31.9 Å². The lowest BCUT2D eigenvalue weighted by molar-refractivity contribution is -0.137. The summed E-state index contributed by atoms with van der Waals surface area (Å²) in [4.78, 5) is 47.0. The molecule has 1 saturated heterocycles. The number of nitrogens with one attached hydrogen (secondary N) is 2. The van der Waals surface area contributed by atoms with E-state index < -0.39 is 35.4 Å². The second-order valence-corrected chi connectivity index (χ2v) is 13.0. The molecule has 0 aliphatic carbocycles. The van der Waals surface area contributed by atoms with Crippen LogP contribution in [0.5, 0.6) is 0 Å². The normalized spacial score (nSPS) is 15.2. The van der Waals surface area contributed by atoms with Crippen molar-refractivity contribution in [3.8, 4) is 11.4 Å². The molecule has 262 valence electrons. The van der Waals surface area contributed by atoms with Crippen LogP contribution in [0.1, 0.15) is 65.5 Å². The number of H-pyrrole nitrogens is 1. The smallest absolute Gasteiger partial charge is 0.364 e. The van der Waals surface area contributed by atoms with E-state index in [9.17, 15) is 27.6 Å². The van der Waals surface area contributed by atoms with Crippen LogP contribution in [-0.2, 0) is 41.5 Å². The molecule has 2 aromatic carbocycles. The molecule has 2 aliphatic rings. The predicted molar refractivity (Wildman–Crippen MR) is 180 cm³/mol. The van der Waals surface area contributed by atoms with Crippen molar-refractivity contribution in [2.45, 2.75) is 57.5 Å². The molecular formula is C35H35ClF3N7O4. The van der Waals surface area contributed by atoms with Gasteiger partial charge >= 0.3 is 6.18 Å². The first-order valence-electron chi connectivity index (χ1n) is 16.0. The molecule has 1 fully saturated rings. The number of carbonyl (C=O) groups is 2. The van der Waals surface area contributed by atoms with E-state index in [1.165, 1.54) is 0 Å². The minimum absolute atomic E-state index is 0.0534. The molecule has 11 nitrogen and oxygen atoms in total. The average Bonchev–Trinajstić information content (AvgIpc) is 3.42. The van der Waals surface area contributed by atoms with Gasteiger partial charge in [-0.05, 0) is 60.7 Å². The lowest BCUT2D eigenvalue weighted by atomic mass is 9.85. The first-order chi connectivity index (χ1) is 23.8. The van der Waals surface area contributed by atoms with Crippen LogP contribution in [0.4, 0.5) is 18.9 Å². The Balaban J connectivity index is 1.40. The van der Waals surface area contributed by atoms with Gasteiger partial charge in [0.2, 0.25) is 5.91 Å². The van der Waals surface area contributed by atoms with E-state index in [-0.39, 0.29) is 34.7 Å². The summed E-state index contributed by atoms with van der Waals surface area (Å²) in [5, 5.41) is 10.2. The molecule has 2 aromatic heterocycles. The molecule has 0 radical (unpaired) electrons. The van der Waals surface area contributed by atoms with E-state index in [1.807, 2.05) is 24.3 Å². The molecule has 2 amide bonds. The Labute approximate surface area is 290 Å². The molecule has 1 spiro atoms. The van der Waals surface area contributed by atoms with Crippen LogP contribution in [0.25, 0.3) is 11.4 Å². The maximum atomic E-state index is 14.6. The van der Waals surface area contributed by atoms with Crippen molar-refractivity contribution in [1.29, 1.82) is 0 Å². The van der Waals surface area contributed by atoms with Crippen molar-refractivity contribution in [2.24, 2.45) is 7.05 Å². The van der Waals surface area contributed by atoms with Crippen molar-refractivity contribution in [1.82, 2.24) is 29.4 Å². The molecule has 2 N–H and O–H groups in total. The van der Waals surface area contributed by atoms with E-state index in [4.69, 9.17) is 21.4 Å². The van der Waals surface area contributed by atoms with Gasteiger partial charge in [0.1, 0.15) is 17.8 Å². The highest BCUT2D eigenvalue weighted by Gasteiger charge is 2.46. The number of likely N-dealkylation sites (tertiary alicyclic amines) is 1. The van der Waals surface area contributed by atoms with Crippen LogP contribution in [0.15, 0.2) is 71.7 Å². The highest BCUT2D eigenvalue weighted by molar-refractivity contribution is 6.33. The number of aromatic amines is 1. The number of benzene rings is 2. The average molecular weight is 710 g/mol. The van der Waals surface area contributed by atoms with Crippen molar-refractivity contribution in [3.63, 3.8) is 0 Å². The Kier molecular flexibility index (Phi) is 9.60. The molecule has 0 atom stereocenters. The largest absolute Gasteiger partial charge is 0.416 e. The van der Waals surface area contributed by atoms with Crippen LogP contribution >= 0.6 is 11.6 Å². The number of fused-ring (bicyclic) bond motifs is 2. The molecular weight excluding hydrogens is 675 g/mol. The number of pyridine rings is 1. The molecule has 6 rings (SSSR count). The van der Waals surface area contributed by atoms with E-state index >= 15 is 0 Å². The maximum absolute atomic E-state index is 14.6. The third kappa shape index (κ3) is 7.03. The molecule has 0 saturated carbocycles. The summed E-state index contributed by atoms with van der Waals surface area (Å²) in [5.41, 5.74) is 0.117. The number of nitrogens with zero attached hydrogens (tertiary/aromatic N) is 5. The number of amides is 2. The Morgan fingerprint density at radius 3 is 2.50 bits per heavy atom. The van der Waals surface area contributed by atoms with Crippen molar-refractivity contribution >= 4 is 29.1 Å². The van der Waals surface area contributed by atoms with E-state index in [1.54, 1.807) is 41.0 Å². The Hall–Kier alpha value is -4.95. The van der Waals surface area contributed by atoms with Gasteiger partial charge in [-0.2, -0.15) is 13.2 Å². The van der Waals surface area contributed by atoms with E-state index in [0.29, 0.717) is 48.7 Å². The standard InChI is InChI=1S/C35H35ClF3N7O4/c1-21(2)22-7-6-8-23(17-22)31-43-46(19-29(47)41-26-11-10-24(18-25(26)36)35(37,38)39)33(49)30-28(42-44(31)3)20-50-34(30)12-15-45(16-13-34)32(48)27-9-4-5-14-40-27/h4-11,14,17-18,21,42H,12-13,15-16,19-20H2,1-3H3,(H,41,47). The third-order valence-electron chi connectivity index (χ3n) is 8.95. The Morgan fingerprint density at radius 2 is 1.84 bits per heavy atom. The number of hydrogen-bond donors (Lipinski definition) is 2. The Morgan fingerprint density at radius 1 is 1.08 bits per heavy atom. The second kappa shape index (κ2) is 13.8. The fraction of sp³-hybridized carbons (Fsp3) is 0.343. The number of rotatable bonds is 6. The van der Waals surface area contributed by atoms with Crippen molar-refractivity contribution < 1.29 is 27.5 Å². The van der Waals surface area contributed by atoms with Crippen molar-refractivity contribution in [3.05, 3.63) is 110 Å². The fourth-order valence-electron chi connectivity index (χ4n) is 6.28. The maximum Gasteiger partial charge on any atom is 0.416 e. The number of hydrogen-bond acceptors (Lipinski definition) is 6. The minimum Gasteiger partial charge on any atom is -0.364 e. The van der Waals surface area contributed by atoms with Crippen LogP contribution in [0.2, 0.25) is 5.02 Å². The fourth-order valence-corrected chi connectivity index (χ4v) is 6.51. The second-order valence-electron chi connectivity index (χ2n) is 12.6. The van der Waals surface area contributed by atoms with Crippen LogP contribution < -0.4 is 10.9 Å². The van der Waals surface area contributed by atoms with Crippen LogP contribution in [0.3, 0.4) is 0 Å². The monoisotopic (exact) mass is 709 g/mol. The minimum atomic E-state index is -4.62. The summed E-state index contributed by atoms with van der Waals surface area (Å²) >= 11 is 6.11. The lowest BCUT2D eigenvalue weighted by Crippen LogP contribution is -2.47. The summed E-state index contributed by atoms with van der Waals surface area (Å²) in [6.07, 6.45) is -2.46. The molecule has 0 unspecified atom stereocenters. The number of ether oxygens (including phenoxy) is 1. The summed E-state index contributed by atoms with van der Waals surface area (Å²) < 4.78 is 48.7. The number of carbonyl (C=O) groups excluding carboxylic acids is 2. The van der Waals surface area contributed by atoms with Crippen molar-refractivity contribution in [2.75, 3.05) is 18.4 Å². The van der Waals surface area contributed by atoms with Gasteiger partial charge in [-0.1, -0.05) is 49.7 Å². The van der Waals surface area contributed by atoms with Gasteiger partial charge in [-0.3, -0.25) is 29.1 Å². The van der Waals surface area contributed by atoms with Crippen LogP contribution in [-0.4, -0.2) is 54.3 Å². The molecule has 0 bridgehead atoms. The molecule has 50 heavy (non-hydrogen) atoms. The highest BCUT2D eigenvalue weighted by atomic mass is 35.5. The van der Waals surface area contributed by atoms with Gasteiger partial charge < -0.3 is 15.0 Å². The van der Waals surface area contributed by atoms with Gasteiger partial charge in [0.05, 0.1) is 34.1 Å². The number of halogens is 4. The summed E-state index contributed by atoms with van der Waals surface area (Å²) in [5.74, 6) is -0.426. The van der Waals surface area contributed by atoms with Crippen LogP contribution in [0, 0.1) is 0 Å². The third-order valence-corrected chi connectivity index (χ3v) is 9.26. The SMILES string of the molecule is CC(C)c1cccc(-c2nn(CC(=O)Nc3ccc(C(F)(F)F)cc3Cl)c(=O)c3c([nH]n2C)COC32CCN(C(=O)c3ccccn3)CC2)c1. The topological polar surface area (TPSA) is 127 Å². The molecule has 4 aromatic rings. The first kappa shape index (κ1) is 34.9. The zero-order chi connectivity index (χ0) is 35.8. The quantitative estimate of drug-likeness (QED) is 0.246. The van der Waals surface area contributed by atoms with Gasteiger partial charge in [0.25, 0.3) is 11.5 Å². The summed E-state index contributed by atoms with van der Waals surface area (Å²) in [6.45, 7) is 4.16. The van der Waals surface area contributed by atoms with Gasteiger partial charge in [-0.15, -0.1) is 5.10 Å². The van der Waals surface area contributed by atoms with E-state index in [0.717, 1.165) is 28.4 Å². The zero-order valence-corrected chi connectivity index (χ0v) is 28.3. The number of aromatic nitrogens is 5. The summed E-state index contributed by atoms with van der Waals surface area (Å²) in [6, 6.07) is 15.3.